The van der Waals surface area contributed by atoms with Crippen LogP contribution >= 0.6 is 0 Å². The van der Waals surface area contributed by atoms with Gasteiger partial charge in [0.05, 0.1) is 23.6 Å². The molecular formula is C30H21F4NO3. The fourth-order valence-corrected chi connectivity index (χ4v) is 4.46. The van der Waals surface area contributed by atoms with E-state index in [9.17, 15) is 22.4 Å². The average Bonchev–Trinajstić information content (AvgIpc) is 3.29. The van der Waals surface area contributed by atoms with Crippen LogP contribution in [0.5, 0.6) is 5.75 Å². The molecule has 0 unspecified atom stereocenters. The third-order valence-corrected chi connectivity index (χ3v) is 6.14. The smallest absolute Gasteiger partial charge is 0.432 e. The van der Waals surface area contributed by atoms with Crippen molar-refractivity contribution in [3.63, 3.8) is 0 Å². The van der Waals surface area contributed by atoms with Crippen LogP contribution in [-0.2, 0) is 17.5 Å². The van der Waals surface area contributed by atoms with Crippen LogP contribution < -0.4 is 4.74 Å². The fraction of sp³-hybridized carbons (Fsp3) is 0.100. The van der Waals surface area contributed by atoms with E-state index >= 15 is 0 Å². The fourth-order valence-electron chi connectivity index (χ4n) is 4.46. The molecule has 0 fully saturated rings. The largest absolute Gasteiger partial charge is 0.488 e. The van der Waals surface area contributed by atoms with E-state index in [-0.39, 0.29) is 45.6 Å². The third kappa shape index (κ3) is 4.72. The maximum Gasteiger partial charge on any atom is 0.432 e. The van der Waals surface area contributed by atoms with Gasteiger partial charge in [0, 0.05) is 11.3 Å². The molecule has 4 nitrogen and oxygen atoms in total. The second kappa shape index (κ2) is 10.0. The quantitative estimate of drug-likeness (QED) is 0.170. The summed E-state index contributed by atoms with van der Waals surface area (Å²) >= 11 is 0. The average molecular weight is 519 g/mol. The van der Waals surface area contributed by atoms with Crippen LogP contribution in [0, 0.1) is 5.82 Å². The predicted octanol–water partition coefficient (Wildman–Crippen LogP) is 7.82. The van der Waals surface area contributed by atoms with Crippen molar-refractivity contribution in [1.82, 2.24) is 4.57 Å². The van der Waals surface area contributed by atoms with E-state index in [1.54, 1.807) is 18.2 Å². The minimum absolute atomic E-state index is 0.114. The van der Waals surface area contributed by atoms with Gasteiger partial charge in [0.15, 0.2) is 0 Å². The van der Waals surface area contributed by atoms with Gasteiger partial charge in [-0.25, -0.2) is 9.18 Å². The molecule has 0 atom stereocenters. The molecule has 5 aromatic rings. The molecule has 1 aromatic heterocycles. The normalized spacial score (nSPS) is 11.5. The molecule has 4 aromatic carbocycles. The first-order chi connectivity index (χ1) is 18.3. The van der Waals surface area contributed by atoms with Crippen molar-refractivity contribution in [2.75, 3.05) is 7.11 Å². The summed E-state index contributed by atoms with van der Waals surface area (Å²) < 4.78 is 70.0. The number of benzene rings is 4. The van der Waals surface area contributed by atoms with Crippen LogP contribution in [0.15, 0.2) is 97.1 Å². The Bertz CT molecular complexity index is 1590. The van der Waals surface area contributed by atoms with Crippen LogP contribution in [0.2, 0.25) is 0 Å². The molecule has 1 heterocycles. The van der Waals surface area contributed by atoms with Gasteiger partial charge in [-0.05, 0) is 59.7 Å². The lowest BCUT2D eigenvalue weighted by atomic mass is 9.99. The number of nitrogens with zero attached hydrogens (tertiary/aromatic N) is 1. The molecule has 0 aliphatic rings. The zero-order valence-electron chi connectivity index (χ0n) is 20.1. The van der Waals surface area contributed by atoms with Crippen molar-refractivity contribution in [2.45, 2.75) is 12.8 Å². The Balaban J connectivity index is 1.80. The first kappa shape index (κ1) is 25.1. The Morgan fingerprint density at radius 1 is 0.842 bits per heavy atom. The molecule has 192 valence electrons. The Morgan fingerprint density at radius 2 is 1.53 bits per heavy atom. The molecule has 0 N–H and O–H groups in total. The highest BCUT2D eigenvalue weighted by atomic mass is 19.4. The lowest BCUT2D eigenvalue weighted by molar-refractivity contribution is -0.141. The van der Waals surface area contributed by atoms with Gasteiger partial charge in [0.25, 0.3) is 0 Å². The highest BCUT2D eigenvalue weighted by Crippen LogP contribution is 2.48. The Morgan fingerprint density at radius 3 is 2.16 bits per heavy atom. The first-order valence-corrected chi connectivity index (χ1v) is 11.6. The molecule has 8 heteroatoms. The van der Waals surface area contributed by atoms with E-state index in [0.29, 0.717) is 0 Å². The van der Waals surface area contributed by atoms with Gasteiger partial charge in [0.2, 0.25) is 0 Å². The Labute approximate surface area is 215 Å². The summed E-state index contributed by atoms with van der Waals surface area (Å²) in [5.74, 6) is -0.915. The maximum atomic E-state index is 14.8. The number of alkyl halides is 3. The van der Waals surface area contributed by atoms with E-state index in [0.717, 1.165) is 22.3 Å². The lowest BCUT2D eigenvalue weighted by Gasteiger charge is -2.15. The summed E-state index contributed by atoms with van der Waals surface area (Å²) in [5, 5.41) is 0.242. The summed E-state index contributed by atoms with van der Waals surface area (Å²) in [6.07, 6.45) is -4.79. The number of fused-ring (bicyclic) bond motifs is 1. The van der Waals surface area contributed by atoms with Crippen LogP contribution in [-0.4, -0.2) is 17.6 Å². The number of hydrogen-bond acceptors (Lipinski definition) is 3. The number of esters is 1. The molecule has 0 saturated carbocycles. The second-order valence-corrected chi connectivity index (χ2v) is 8.53. The van der Waals surface area contributed by atoms with Gasteiger partial charge in [-0.2, -0.15) is 13.2 Å². The van der Waals surface area contributed by atoms with Gasteiger partial charge < -0.3 is 14.0 Å². The SMILES string of the molecule is COC(=O)c1ccc(-c2c(C(F)(F)F)n(-c3ccc(F)cc3)c3cccc(OCc4ccccc4)c23)cc1. The van der Waals surface area contributed by atoms with Crippen LogP contribution in [0.3, 0.4) is 0 Å². The van der Waals surface area contributed by atoms with E-state index in [4.69, 9.17) is 9.47 Å². The number of aromatic nitrogens is 1. The molecule has 0 aliphatic carbocycles. The Hall–Kier alpha value is -4.59. The number of carbonyl (C=O) groups excluding carboxylic acids is 1. The minimum atomic E-state index is -4.79. The molecule has 38 heavy (non-hydrogen) atoms. The predicted molar refractivity (Wildman–Crippen MR) is 136 cm³/mol. The monoisotopic (exact) mass is 519 g/mol. The molecule has 0 radical (unpaired) electrons. The second-order valence-electron chi connectivity index (χ2n) is 8.53. The highest BCUT2D eigenvalue weighted by molar-refractivity contribution is 6.04. The molecular weight excluding hydrogens is 498 g/mol. The number of carbonyl (C=O) groups is 1. The van der Waals surface area contributed by atoms with E-state index in [2.05, 4.69) is 0 Å². The van der Waals surface area contributed by atoms with Crippen molar-refractivity contribution < 1.29 is 31.8 Å². The van der Waals surface area contributed by atoms with Gasteiger partial charge >= 0.3 is 12.1 Å². The highest BCUT2D eigenvalue weighted by Gasteiger charge is 2.41. The maximum absolute atomic E-state index is 14.8. The molecule has 0 bridgehead atoms. The van der Waals surface area contributed by atoms with Crippen molar-refractivity contribution in [2.24, 2.45) is 0 Å². The van der Waals surface area contributed by atoms with Crippen LogP contribution in [0.4, 0.5) is 17.6 Å². The summed E-state index contributed by atoms with van der Waals surface area (Å²) in [4.78, 5) is 11.9. The van der Waals surface area contributed by atoms with Crippen LogP contribution in [0.25, 0.3) is 27.7 Å². The van der Waals surface area contributed by atoms with Crippen molar-refractivity contribution in [1.29, 1.82) is 0 Å². The Kier molecular flexibility index (Phi) is 6.63. The summed E-state index contributed by atoms with van der Waals surface area (Å²) in [6, 6.07) is 24.6. The number of halogens is 4. The standard InChI is InChI=1S/C30H21F4NO3/c1-37-29(36)21-12-10-20(11-13-21)26-27-24(8-5-9-25(27)38-18-19-6-3-2-4-7-19)35(28(26)30(32,33)34)23-16-14-22(31)15-17-23/h2-17H,18H2,1H3. The third-order valence-electron chi connectivity index (χ3n) is 6.14. The summed E-state index contributed by atoms with van der Waals surface area (Å²) in [7, 11) is 1.23. The van der Waals surface area contributed by atoms with Crippen molar-refractivity contribution in [3.05, 3.63) is 120 Å². The molecule has 0 amide bonds. The minimum Gasteiger partial charge on any atom is -0.488 e. The topological polar surface area (TPSA) is 40.5 Å². The zero-order valence-corrected chi connectivity index (χ0v) is 20.1. The first-order valence-electron chi connectivity index (χ1n) is 11.6. The van der Waals surface area contributed by atoms with Gasteiger partial charge in [-0.3, -0.25) is 0 Å². The van der Waals surface area contributed by atoms with Gasteiger partial charge in [-0.1, -0.05) is 48.5 Å². The van der Waals surface area contributed by atoms with Crippen LogP contribution in [0.1, 0.15) is 21.6 Å². The number of rotatable bonds is 6. The summed E-state index contributed by atoms with van der Waals surface area (Å²) in [6.45, 7) is 0.143. The number of hydrogen-bond donors (Lipinski definition) is 0. The molecule has 0 spiro atoms. The van der Waals surface area contributed by atoms with E-state index < -0.39 is 23.7 Å². The molecule has 5 rings (SSSR count). The number of methoxy groups -OCH3 is 1. The molecule has 0 aliphatic heterocycles. The lowest BCUT2D eigenvalue weighted by Crippen LogP contribution is -2.13. The summed E-state index contributed by atoms with van der Waals surface area (Å²) in [5.41, 5.74) is 0.599. The zero-order chi connectivity index (χ0) is 26.9. The van der Waals surface area contributed by atoms with E-state index in [1.807, 2.05) is 30.3 Å². The van der Waals surface area contributed by atoms with Crippen molar-refractivity contribution >= 4 is 16.9 Å². The van der Waals surface area contributed by atoms with Gasteiger partial charge in [0.1, 0.15) is 23.9 Å². The van der Waals surface area contributed by atoms with E-state index in [1.165, 1.54) is 43.5 Å². The van der Waals surface area contributed by atoms with Crippen molar-refractivity contribution in [3.8, 4) is 22.6 Å². The van der Waals surface area contributed by atoms with Gasteiger partial charge in [-0.15, -0.1) is 0 Å². The number of ether oxygens (including phenoxy) is 2. The molecule has 0 saturated heterocycles.